The highest BCUT2D eigenvalue weighted by molar-refractivity contribution is 5.68. The number of hydrogen-bond acceptors (Lipinski definition) is 0. The highest BCUT2D eigenvalue weighted by atomic mass is 14.3. The topological polar surface area (TPSA) is 0 Å². The molecule has 0 heterocycles. The third-order valence-corrected chi connectivity index (χ3v) is 3.89. The minimum Gasteiger partial charge on any atom is -0.0720 e. The first-order valence-electron chi connectivity index (χ1n) is 6.94. The van der Waals surface area contributed by atoms with Crippen LogP contribution in [0.25, 0.3) is 6.08 Å². The van der Waals surface area contributed by atoms with Gasteiger partial charge in [0.1, 0.15) is 0 Å². The van der Waals surface area contributed by atoms with Gasteiger partial charge in [0.2, 0.25) is 0 Å². The van der Waals surface area contributed by atoms with Crippen molar-refractivity contribution in [3.05, 3.63) is 76.9 Å². The summed E-state index contributed by atoms with van der Waals surface area (Å²) in [6, 6.07) is 17.5. The Labute approximate surface area is 115 Å². The van der Waals surface area contributed by atoms with Gasteiger partial charge in [0.25, 0.3) is 0 Å². The summed E-state index contributed by atoms with van der Waals surface area (Å²) in [5.41, 5.74) is 5.89. The summed E-state index contributed by atoms with van der Waals surface area (Å²) < 4.78 is 0. The molecule has 2 aromatic carbocycles. The maximum atomic E-state index is 2.33. The molecule has 1 atom stereocenters. The van der Waals surface area contributed by atoms with Gasteiger partial charge in [-0.05, 0) is 27.7 Å². The molecule has 0 heteroatoms. The lowest BCUT2D eigenvalue weighted by Gasteiger charge is -2.26. The van der Waals surface area contributed by atoms with Crippen molar-refractivity contribution in [2.24, 2.45) is 0 Å². The van der Waals surface area contributed by atoms with Gasteiger partial charge < -0.3 is 0 Å². The van der Waals surface area contributed by atoms with Gasteiger partial charge in [-0.15, -0.1) is 0 Å². The summed E-state index contributed by atoms with van der Waals surface area (Å²) >= 11 is 0. The van der Waals surface area contributed by atoms with Crippen molar-refractivity contribution >= 4 is 6.08 Å². The predicted octanol–water partition coefficient (Wildman–Crippen LogP) is 5.14. The van der Waals surface area contributed by atoms with Crippen LogP contribution < -0.4 is 0 Å². The van der Waals surface area contributed by atoms with Crippen LogP contribution in [0.3, 0.4) is 0 Å². The fourth-order valence-corrected chi connectivity index (χ4v) is 2.96. The zero-order chi connectivity index (χ0) is 13.5. The molecule has 1 unspecified atom stereocenters. The minimum absolute atomic E-state index is 0.185. The first kappa shape index (κ1) is 12.2. The predicted molar refractivity (Wildman–Crippen MR) is 82.5 cm³/mol. The normalized spacial score (nSPS) is 17.5. The van der Waals surface area contributed by atoms with Gasteiger partial charge in [-0.1, -0.05) is 81.5 Å². The van der Waals surface area contributed by atoms with E-state index in [2.05, 4.69) is 81.5 Å². The number of allylic oxidation sites excluding steroid dienone is 1. The van der Waals surface area contributed by atoms with Crippen LogP contribution in [0.1, 0.15) is 48.9 Å². The minimum atomic E-state index is 0.185. The second kappa shape index (κ2) is 4.38. The van der Waals surface area contributed by atoms with Gasteiger partial charge >= 0.3 is 0 Å². The van der Waals surface area contributed by atoms with E-state index in [1.165, 1.54) is 22.3 Å². The molecule has 0 aliphatic heterocycles. The third-order valence-electron chi connectivity index (χ3n) is 3.89. The van der Waals surface area contributed by atoms with Crippen LogP contribution in [0, 0.1) is 0 Å². The highest BCUT2D eigenvalue weighted by Crippen LogP contribution is 2.41. The van der Waals surface area contributed by atoms with Crippen LogP contribution in [0.2, 0.25) is 0 Å². The van der Waals surface area contributed by atoms with Crippen LogP contribution in [0.5, 0.6) is 0 Å². The maximum absolute atomic E-state index is 2.33. The van der Waals surface area contributed by atoms with Crippen LogP contribution >= 0.6 is 0 Å². The summed E-state index contributed by atoms with van der Waals surface area (Å²) in [5, 5.41) is 0. The zero-order valence-electron chi connectivity index (χ0n) is 11.9. The quantitative estimate of drug-likeness (QED) is 0.655. The van der Waals surface area contributed by atoms with E-state index < -0.39 is 0 Å². The molecule has 1 aliphatic carbocycles. The average molecular weight is 248 g/mol. The van der Waals surface area contributed by atoms with Gasteiger partial charge in [0.15, 0.2) is 0 Å². The van der Waals surface area contributed by atoms with Crippen molar-refractivity contribution in [3.63, 3.8) is 0 Å². The van der Waals surface area contributed by atoms with Gasteiger partial charge in [-0.3, -0.25) is 0 Å². The fraction of sp³-hybridized carbons (Fsp3) is 0.263. The molecule has 0 saturated carbocycles. The van der Waals surface area contributed by atoms with E-state index >= 15 is 0 Å². The maximum Gasteiger partial charge on any atom is 0.0281 e. The van der Waals surface area contributed by atoms with Crippen LogP contribution in [0.4, 0.5) is 0 Å². The number of benzene rings is 2. The Bertz CT molecular complexity index is 612. The van der Waals surface area contributed by atoms with Crippen molar-refractivity contribution < 1.29 is 0 Å². The lowest BCUT2D eigenvalue weighted by atomic mass is 9.78. The molecule has 0 N–H and O–H groups in total. The third kappa shape index (κ3) is 2.12. The Morgan fingerprint density at radius 2 is 1.58 bits per heavy atom. The van der Waals surface area contributed by atoms with Gasteiger partial charge in [-0.25, -0.2) is 0 Å². The molecule has 2 aromatic rings. The molecule has 96 valence electrons. The van der Waals surface area contributed by atoms with Crippen molar-refractivity contribution in [1.29, 1.82) is 0 Å². The van der Waals surface area contributed by atoms with Crippen molar-refractivity contribution in [1.82, 2.24) is 0 Å². The first-order chi connectivity index (χ1) is 9.07. The summed E-state index contributed by atoms with van der Waals surface area (Å²) in [6.45, 7) is 6.88. The van der Waals surface area contributed by atoms with E-state index in [-0.39, 0.29) is 5.41 Å². The average Bonchev–Trinajstić information content (AvgIpc) is 2.82. The molecule has 3 rings (SSSR count). The Morgan fingerprint density at radius 3 is 2.26 bits per heavy atom. The molecule has 1 aliphatic rings. The standard InChI is InChI=1S/C19H20/c1-19(2,3)17-11-7-10-15-12-13-16(18(15)17)14-8-5-4-6-9-14/h4-13,16H,1-3H3. The summed E-state index contributed by atoms with van der Waals surface area (Å²) in [4.78, 5) is 0. The molecule has 0 fully saturated rings. The second-order valence-electron chi connectivity index (χ2n) is 6.31. The molecule has 0 aromatic heterocycles. The van der Waals surface area contributed by atoms with Crippen molar-refractivity contribution in [2.45, 2.75) is 32.1 Å². The number of fused-ring (bicyclic) bond motifs is 1. The molecule has 0 spiro atoms. The van der Waals surface area contributed by atoms with Gasteiger partial charge in [0, 0.05) is 5.92 Å². The van der Waals surface area contributed by atoms with Gasteiger partial charge in [-0.2, -0.15) is 0 Å². The van der Waals surface area contributed by atoms with Crippen LogP contribution in [0.15, 0.2) is 54.6 Å². The highest BCUT2D eigenvalue weighted by Gasteiger charge is 2.27. The lowest BCUT2D eigenvalue weighted by molar-refractivity contribution is 0.582. The summed E-state index contributed by atoms with van der Waals surface area (Å²) in [5.74, 6) is 0.409. The fourth-order valence-electron chi connectivity index (χ4n) is 2.96. The zero-order valence-corrected chi connectivity index (χ0v) is 11.9. The SMILES string of the molecule is CC(C)(C)c1cccc2c1C(c1ccccc1)C=C2. The summed E-state index contributed by atoms with van der Waals surface area (Å²) in [6.07, 6.45) is 4.59. The van der Waals surface area contributed by atoms with E-state index in [9.17, 15) is 0 Å². The van der Waals surface area contributed by atoms with E-state index in [0.29, 0.717) is 5.92 Å². The molecular weight excluding hydrogens is 228 g/mol. The molecular formula is C19H20. The van der Waals surface area contributed by atoms with E-state index in [4.69, 9.17) is 0 Å². The van der Waals surface area contributed by atoms with Crippen LogP contribution in [-0.2, 0) is 5.41 Å². The molecule has 0 amide bonds. The molecule has 0 saturated heterocycles. The summed E-state index contributed by atoms with van der Waals surface area (Å²) in [7, 11) is 0. The Morgan fingerprint density at radius 1 is 0.842 bits per heavy atom. The van der Waals surface area contributed by atoms with Crippen molar-refractivity contribution in [3.8, 4) is 0 Å². The Balaban J connectivity index is 2.16. The monoisotopic (exact) mass is 248 g/mol. The number of hydrogen-bond donors (Lipinski definition) is 0. The Hall–Kier alpha value is -1.82. The van der Waals surface area contributed by atoms with E-state index in [1.807, 2.05) is 0 Å². The lowest BCUT2D eigenvalue weighted by Crippen LogP contribution is -2.15. The molecule has 0 bridgehead atoms. The molecule has 19 heavy (non-hydrogen) atoms. The van der Waals surface area contributed by atoms with E-state index in [0.717, 1.165) is 0 Å². The molecule has 0 nitrogen and oxygen atoms in total. The molecule has 0 radical (unpaired) electrons. The van der Waals surface area contributed by atoms with Gasteiger partial charge in [0.05, 0.1) is 0 Å². The second-order valence-corrected chi connectivity index (χ2v) is 6.31. The van der Waals surface area contributed by atoms with E-state index in [1.54, 1.807) is 0 Å². The van der Waals surface area contributed by atoms with Crippen molar-refractivity contribution in [2.75, 3.05) is 0 Å². The van der Waals surface area contributed by atoms with Crippen LogP contribution in [-0.4, -0.2) is 0 Å². The number of rotatable bonds is 1. The first-order valence-corrected chi connectivity index (χ1v) is 6.94. The smallest absolute Gasteiger partial charge is 0.0281 e. The Kier molecular flexibility index (Phi) is 2.82. The largest absolute Gasteiger partial charge is 0.0720 e.